The van der Waals surface area contributed by atoms with Crippen LogP contribution in [0, 0.1) is 0 Å². The molecule has 0 N–H and O–H groups in total. The lowest BCUT2D eigenvalue weighted by Crippen LogP contribution is -2.28. The number of esters is 1. The Morgan fingerprint density at radius 2 is 1.86 bits per heavy atom. The largest absolute Gasteiger partial charge is 0.465 e. The summed E-state index contributed by atoms with van der Waals surface area (Å²) in [5, 5.41) is 1.03. The molecule has 0 spiro atoms. The Balaban J connectivity index is 1.79. The van der Waals surface area contributed by atoms with Gasteiger partial charge in [0.25, 0.3) is 5.91 Å². The molecule has 0 saturated heterocycles. The summed E-state index contributed by atoms with van der Waals surface area (Å²) in [5.41, 5.74) is 3.14. The van der Waals surface area contributed by atoms with Gasteiger partial charge in [0.2, 0.25) is 0 Å². The Morgan fingerprint density at radius 3 is 2.62 bits per heavy atom. The number of benzene rings is 2. The number of carbonyl (C=O) groups excluding carboxylic acids is 2. The van der Waals surface area contributed by atoms with Crippen LogP contribution in [0.5, 0.6) is 0 Å². The second-order valence-corrected chi connectivity index (χ2v) is 8.92. The number of halogens is 2. The molecule has 1 aliphatic rings. The maximum absolute atomic E-state index is 13.7. The zero-order chi connectivity index (χ0) is 26.5. The van der Waals surface area contributed by atoms with Gasteiger partial charge >= 0.3 is 5.97 Å². The van der Waals surface area contributed by atoms with E-state index in [1.165, 1.54) is 12.0 Å². The molecule has 0 fully saturated rings. The molecule has 0 aliphatic carbocycles. The fourth-order valence-electron chi connectivity index (χ4n) is 3.87. The second-order valence-electron chi connectivity index (χ2n) is 8.08. The number of furan rings is 1. The standard InChI is InChI=1S/C30H23Cl2NO4/c1-4-5-6-9-19(2)27-17-20(29(34)33(27)26-11-8-7-10-23(26)30(35)36-3)16-22-13-15-28(37-22)24-18-21(31)12-14-25(24)32/h4-18H,1H2,2-3H3/b6-5-,19-9+,20-16+. The number of hydrogen-bond donors (Lipinski definition) is 0. The quantitative estimate of drug-likeness (QED) is 0.176. The summed E-state index contributed by atoms with van der Waals surface area (Å²) in [5.74, 6) is 0.127. The van der Waals surface area contributed by atoms with Crippen LogP contribution in [-0.2, 0) is 9.53 Å². The second kappa shape index (κ2) is 11.3. The third-order valence-corrected chi connectivity index (χ3v) is 6.21. The molecular weight excluding hydrogens is 509 g/mol. The van der Waals surface area contributed by atoms with Crippen molar-refractivity contribution in [3.8, 4) is 11.3 Å². The highest BCUT2D eigenvalue weighted by Crippen LogP contribution is 2.37. The average Bonchev–Trinajstić information content (AvgIpc) is 3.49. The van der Waals surface area contributed by atoms with Gasteiger partial charge < -0.3 is 9.15 Å². The van der Waals surface area contributed by atoms with Crippen LogP contribution in [0.1, 0.15) is 23.0 Å². The number of hydrogen-bond acceptors (Lipinski definition) is 4. The van der Waals surface area contributed by atoms with Crippen molar-refractivity contribution in [2.75, 3.05) is 12.0 Å². The zero-order valence-electron chi connectivity index (χ0n) is 20.2. The van der Waals surface area contributed by atoms with Crippen LogP contribution in [0.25, 0.3) is 17.4 Å². The smallest absolute Gasteiger partial charge is 0.339 e. The summed E-state index contributed by atoms with van der Waals surface area (Å²) in [4.78, 5) is 27.7. The number of allylic oxidation sites excluding steroid dienone is 5. The van der Waals surface area contributed by atoms with E-state index in [1.807, 2.05) is 19.1 Å². The van der Waals surface area contributed by atoms with Crippen LogP contribution in [0.2, 0.25) is 10.0 Å². The molecule has 3 aromatic rings. The lowest BCUT2D eigenvalue weighted by atomic mass is 10.1. The lowest BCUT2D eigenvalue weighted by Gasteiger charge is -2.23. The van der Waals surface area contributed by atoms with E-state index in [-0.39, 0.29) is 11.5 Å². The molecule has 7 heteroatoms. The minimum atomic E-state index is -0.539. The highest BCUT2D eigenvalue weighted by molar-refractivity contribution is 6.35. The molecule has 0 atom stereocenters. The minimum absolute atomic E-state index is 0.274. The number of rotatable bonds is 7. The first-order valence-electron chi connectivity index (χ1n) is 11.3. The van der Waals surface area contributed by atoms with Crippen molar-refractivity contribution in [1.29, 1.82) is 0 Å². The topological polar surface area (TPSA) is 59.8 Å². The van der Waals surface area contributed by atoms with Crippen LogP contribution in [0.15, 0.2) is 113 Å². The molecule has 2 heterocycles. The van der Waals surface area contributed by atoms with Crippen molar-refractivity contribution < 1.29 is 18.7 Å². The third-order valence-electron chi connectivity index (χ3n) is 5.65. The Bertz CT molecular complexity index is 1510. The summed E-state index contributed by atoms with van der Waals surface area (Å²) in [7, 11) is 1.30. The van der Waals surface area contributed by atoms with Gasteiger partial charge in [-0.25, -0.2) is 4.79 Å². The van der Waals surface area contributed by atoms with Crippen LogP contribution in [0.4, 0.5) is 5.69 Å². The molecule has 0 saturated carbocycles. The van der Waals surface area contributed by atoms with Crippen LogP contribution in [-0.4, -0.2) is 19.0 Å². The Morgan fingerprint density at radius 1 is 1.08 bits per heavy atom. The van der Waals surface area contributed by atoms with Gasteiger partial charge in [0, 0.05) is 16.2 Å². The molecule has 0 radical (unpaired) electrons. The predicted octanol–water partition coefficient (Wildman–Crippen LogP) is 8.04. The first-order chi connectivity index (χ1) is 17.8. The average molecular weight is 532 g/mol. The van der Waals surface area contributed by atoms with E-state index < -0.39 is 5.97 Å². The highest BCUT2D eigenvalue weighted by Gasteiger charge is 2.33. The SMILES string of the molecule is C=C/C=C\C=C(/C)C1=C/C(=C\c2ccc(-c3cc(Cl)ccc3Cl)o2)C(=O)N1c1ccccc1C(=O)OC. The normalized spacial score (nSPS) is 15.0. The molecule has 1 amide bonds. The van der Waals surface area contributed by atoms with Crippen LogP contribution in [0.3, 0.4) is 0 Å². The maximum atomic E-state index is 13.7. The molecule has 5 nitrogen and oxygen atoms in total. The number of nitrogens with zero attached hydrogens (tertiary/aromatic N) is 1. The number of methoxy groups -OCH3 is 1. The summed E-state index contributed by atoms with van der Waals surface area (Å²) in [6.45, 7) is 5.57. The van der Waals surface area contributed by atoms with E-state index in [4.69, 9.17) is 32.4 Å². The van der Waals surface area contributed by atoms with Crippen molar-refractivity contribution >= 4 is 46.8 Å². The van der Waals surface area contributed by atoms with Gasteiger partial charge in [-0.15, -0.1) is 0 Å². The highest BCUT2D eigenvalue weighted by atomic mass is 35.5. The van der Waals surface area contributed by atoms with E-state index in [0.29, 0.717) is 44.1 Å². The van der Waals surface area contributed by atoms with Crippen molar-refractivity contribution in [2.45, 2.75) is 6.92 Å². The number of ether oxygens (including phenoxy) is 1. The van der Waals surface area contributed by atoms with E-state index in [9.17, 15) is 9.59 Å². The monoisotopic (exact) mass is 531 g/mol. The van der Waals surface area contributed by atoms with Crippen LogP contribution < -0.4 is 4.90 Å². The van der Waals surface area contributed by atoms with Gasteiger partial charge in [-0.3, -0.25) is 9.69 Å². The molecule has 186 valence electrons. The maximum Gasteiger partial charge on any atom is 0.339 e. The Labute approximate surface area is 225 Å². The van der Waals surface area contributed by atoms with E-state index in [2.05, 4.69) is 6.58 Å². The number of anilines is 1. The van der Waals surface area contributed by atoms with Gasteiger partial charge in [0.05, 0.1) is 29.1 Å². The summed E-state index contributed by atoms with van der Waals surface area (Å²) in [6, 6.07) is 15.4. The first kappa shape index (κ1) is 26.0. The third kappa shape index (κ3) is 5.53. The molecule has 1 aromatic heterocycles. The van der Waals surface area contributed by atoms with Crippen LogP contribution >= 0.6 is 23.2 Å². The molecular formula is C30H23Cl2NO4. The fraction of sp³-hybridized carbons (Fsp3) is 0.0667. The summed E-state index contributed by atoms with van der Waals surface area (Å²) in [6.07, 6.45) is 10.6. The number of amides is 1. The molecule has 37 heavy (non-hydrogen) atoms. The minimum Gasteiger partial charge on any atom is -0.465 e. The first-order valence-corrected chi connectivity index (χ1v) is 12.1. The lowest BCUT2D eigenvalue weighted by molar-refractivity contribution is -0.113. The van der Waals surface area contributed by atoms with Gasteiger partial charge in [-0.05, 0) is 67.1 Å². The molecule has 0 unspecified atom stereocenters. The Hall–Kier alpha value is -4.06. The van der Waals surface area contributed by atoms with Gasteiger partial charge in [-0.2, -0.15) is 0 Å². The number of carbonyl (C=O) groups is 2. The van der Waals surface area contributed by atoms with E-state index in [0.717, 1.165) is 5.57 Å². The molecule has 4 rings (SSSR count). The van der Waals surface area contributed by atoms with Gasteiger partial charge in [-0.1, -0.05) is 66.2 Å². The number of para-hydroxylation sites is 1. The van der Waals surface area contributed by atoms with Crippen molar-refractivity contribution in [2.24, 2.45) is 0 Å². The predicted molar refractivity (Wildman–Crippen MR) is 149 cm³/mol. The zero-order valence-corrected chi connectivity index (χ0v) is 21.7. The molecule has 0 bridgehead atoms. The van der Waals surface area contributed by atoms with E-state index in [1.54, 1.807) is 78.9 Å². The summed E-state index contributed by atoms with van der Waals surface area (Å²) >= 11 is 12.4. The molecule has 1 aliphatic heterocycles. The summed E-state index contributed by atoms with van der Waals surface area (Å²) < 4.78 is 10.9. The van der Waals surface area contributed by atoms with Crippen molar-refractivity contribution in [1.82, 2.24) is 0 Å². The Kier molecular flexibility index (Phi) is 7.97. The van der Waals surface area contributed by atoms with Crippen molar-refractivity contribution in [3.63, 3.8) is 0 Å². The van der Waals surface area contributed by atoms with Crippen molar-refractivity contribution in [3.05, 3.63) is 130 Å². The molecule has 2 aromatic carbocycles. The van der Waals surface area contributed by atoms with Gasteiger partial charge in [0.15, 0.2) is 0 Å². The fourth-order valence-corrected chi connectivity index (χ4v) is 4.26. The van der Waals surface area contributed by atoms with E-state index >= 15 is 0 Å². The van der Waals surface area contributed by atoms with Gasteiger partial charge in [0.1, 0.15) is 11.5 Å².